The molecule has 2 aromatic rings. The van der Waals surface area contributed by atoms with Crippen molar-refractivity contribution in [2.75, 3.05) is 6.54 Å². The summed E-state index contributed by atoms with van der Waals surface area (Å²) in [6.45, 7) is 2.96. The average molecular weight is 307 g/mol. The van der Waals surface area contributed by atoms with Crippen molar-refractivity contribution < 1.29 is 4.39 Å². The normalized spacial score (nSPS) is 12.3. The molecule has 0 aliphatic carbocycles. The second-order valence-electron chi connectivity index (χ2n) is 5.09. The SMILES string of the molecule is CCNC(CCc1ccncc1)Cc1cc(F)ccc1Cl. The molecule has 21 heavy (non-hydrogen) atoms. The Labute approximate surface area is 130 Å². The standard InChI is InChI=1S/C17H20ClFN2/c1-2-21-16(5-3-13-7-9-20-10-8-13)12-14-11-15(19)4-6-17(14)18/h4,6-11,16,21H,2-3,5,12H2,1H3. The molecule has 0 amide bonds. The molecule has 112 valence electrons. The van der Waals surface area contributed by atoms with E-state index in [0.29, 0.717) is 5.02 Å². The zero-order valence-electron chi connectivity index (χ0n) is 12.2. The minimum absolute atomic E-state index is 0.237. The Kier molecular flexibility index (Phi) is 6.15. The highest BCUT2D eigenvalue weighted by Gasteiger charge is 2.12. The van der Waals surface area contributed by atoms with Gasteiger partial charge in [0.2, 0.25) is 0 Å². The van der Waals surface area contributed by atoms with Crippen molar-refractivity contribution in [2.24, 2.45) is 0 Å². The van der Waals surface area contributed by atoms with Crippen LogP contribution in [-0.2, 0) is 12.8 Å². The van der Waals surface area contributed by atoms with Crippen LogP contribution < -0.4 is 5.32 Å². The van der Waals surface area contributed by atoms with Crippen LogP contribution in [0.2, 0.25) is 5.02 Å². The summed E-state index contributed by atoms with van der Waals surface area (Å²) < 4.78 is 13.3. The second-order valence-corrected chi connectivity index (χ2v) is 5.50. The largest absolute Gasteiger partial charge is 0.314 e. The molecule has 1 heterocycles. The lowest BCUT2D eigenvalue weighted by Gasteiger charge is -2.18. The number of nitrogens with one attached hydrogen (secondary N) is 1. The lowest BCUT2D eigenvalue weighted by atomic mass is 9.99. The van der Waals surface area contributed by atoms with Crippen molar-refractivity contribution >= 4 is 11.6 Å². The first-order valence-electron chi connectivity index (χ1n) is 7.25. The van der Waals surface area contributed by atoms with Gasteiger partial charge in [0.25, 0.3) is 0 Å². The van der Waals surface area contributed by atoms with Crippen molar-refractivity contribution in [1.29, 1.82) is 0 Å². The maximum Gasteiger partial charge on any atom is 0.123 e. The van der Waals surface area contributed by atoms with E-state index in [1.807, 2.05) is 12.1 Å². The van der Waals surface area contributed by atoms with E-state index in [0.717, 1.165) is 31.4 Å². The van der Waals surface area contributed by atoms with Crippen molar-refractivity contribution in [2.45, 2.75) is 32.2 Å². The van der Waals surface area contributed by atoms with Crippen molar-refractivity contribution in [3.8, 4) is 0 Å². The van der Waals surface area contributed by atoms with Gasteiger partial charge in [0.15, 0.2) is 0 Å². The summed E-state index contributed by atoms with van der Waals surface area (Å²) >= 11 is 6.15. The zero-order valence-corrected chi connectivity index (χ0v) is 12.9. The van der Waals surface area contributed by atoms with Crippen LogP contribution in [0.4, 0.5) is 4.39 Å². The average Bonchev–Trinajstić information content (AvgIpc) is 2.50. The molecule has 0 radical (unpaired) electrons. The lowest BCUT2D eigenvalue weighted by Crippen LogP contribution is -2.31. The number of aryl methyl sites for hydroxylation is 1. The monoisotopic (exact) mass is 306 g/mol. The van der Waals surface area contributed by atoms with Gasteiger partial charge in [-0.1, -0.05) is 18.5 Å². The number of aromatic nitrogens is 1. The summed E-state index contributed by atoms with van der Waals surface area (Å²) in [6, 6.07) is 8.88. The predicted molar refractivity (Wildman–Crippen MR) is 85.1 cm³/mol. The van der Waals surface area contributed by atoms with Crippen LogP contribution in [-0.4, -0.2) is 17.6 Å². The topological polar surface area (TPSA) is 24.9 Å². The van der Waals surface area contributed by atoms with Crippen LogP contribution in [0, 0.1) is 5.82 Å². The van der Waals surface area contributed by atoms with Crippen LogP contribution in [0.5, 0.6) is 0 Å². The van der Waals surface area contributed by atoms with Crippen molar-refractivity contribution in [3.05, 3.63) is 64.7 Å². The van der Waals surface area contributed by atoms with Crippen molar-refractivity contribution in [1.82, 2.24) is 10.3 Å². The molecule has 0 bridgehead atoms. The molecule has 1 N–H and O–H groups in total. The maximum atomic E-state index is 13.3. The van der Waals surface area contributed by atoms with E-state index in [4.69, 9.17) is 11.6 Å². The first-order chi connectivity index (χ1) is 10.2. The van der Waals surface area contributed by atoms with Crippen LogP contribution >= 0.6 is 11.6 Å². The quantitative estimate of drug-likeness (QED) is 0.835. The number of halogens is 2. The van der Waals surface area contributed by atoms with Crippen LogP contribution in [0.25, 0.3) is 0 Å². The highest BCUT2D eigenvalue weighted by atomic mass is 35.5. The second kappa shape index (κ2) is 8.11. The molecule has 0 spiro atoms. The van der Waals surface area contributed by atoms with Gasteiger partial charge in [-0.3, -0.25) is 4.98 Å². The Morgan fingerprint density at radius 3 is 2.71 bits per heavy atom. The van der Waals surface area contributed by atoms with E-state index in [1.165, 1.54) is 17.7 Å². The fourth-order valence-electron chi connectivity index (χ4n) is 2.42. The number of hydrogen-bond acceptors (Lipinski definition) is 2. The summed E-state index contributed by atoms with van der Waals surface area (Å²) in [5, 5.41) is 4.08. The fourth-order valence-corrected chi connectivity index (χ4v) is 2.62. The molecule has 1 unspecified atom stereocenters. The molecular formula is C17H20ClFN2. The van der Waals surface area contributed by atoms with E-state index in [2.05, 4.69) is 17.2 Å². The zero-order chi connectivity index (χ0) is 15.1. The molecule has 1 atom stereocenters. The Hall–Kier alpha value is -1.45. The minimum atomic E-state index is -0.237. The summed E-state index contributed by atoms with van der Waals surface area (Å²) in [6.07, 6.45) is 6.29. The van der Waals surface area contributed by atoms with Gasteiger partial charge < -0.3 is 5.32 Å². The molecule has 0 saturated heterocycles. The van der Waals surface area contributed by atoms with E-state index >= 15 is 0 Å². The Bertz CT molecular complexity index is 560. The van der Waals surface area contributed by atoms with Gasteiger partial charge in [-0.05, 0) is 67.3 Å². The smallest absolute Gasteiger partial charge is 0.123 e. The molecule has 2 rings (SSSR count). The Morgan fingerprint density at radius 1 is 1.24 bits per heavy atom. The molecule has 0 fully saturated rings. The summed E-state index contributed by atoms with van der Waals surface area (Å²) in [7, 11) is 0. The van der Waals surface area contributed by atoms with E-state index in [-0.39, 0.29) is 11.9 Å². The number of likely N-dealkylation sites (N-methyl/N-ethyl adjacent to an activating group) is 1. The summed E-state index contributed by atoms with van der Waals surface area (Å²) in [5.74, 6) is -0.237. The number of benzene rings is 1. The highest BCUT2D eigenvalue weighted by Crippen LogP contribution is 2.20. The summed E-state index contributed by atoms with van der Waals surface area (Å²) in [4.78, 5) is 4.02. The van der Waals surface area contributed by atoms with Gasteiger partial charge in [0, 0.05) is 23.5 Å². The lowest BCUT2D eigenvalue weighted by molar-refractivity contribution is 0.490. The molecular weight excluding hydrogens is 287 g/mol. The molecule has 2 nitrogen and oxygen atoms in total. The van der Waals surface area contributed by atoms with Gasteiger partial charge >= 0.3 is 0 Å². The van der Waals surface area contributed by atoms with Gasteiger partial charge in [0.1, 0.15) is 5.82 Å². The molecule has 1 aromatic heterocycles. The Balaban J connectivity index is 2.00. The third-order valence-corrected chi connectivity index (χ3v) is 3.87. The highest BCUT2D eigenvalue weighted by molar-refractivity contribution is 6.31. The van der Waals surface area contributed by atoms with Gasteiger partial charge in [0.05, 0.1) is 0 Å². The van der Waals surface area contributed by atoms with Gasteiger partial charge in [-0.25, -0.2) is 4.39 Å². The van der Waals surface area contributed by atoms with E-state index in [9.17, 15) is 4.39 Å². The Morgan fingerprint density at radius 2 is 2.00 bits per heavy atom. The summed E-state index contributed by atoms with van der Waals surface area (Å²) in [5.41, 5.74) is 2.12. The minimum Gasteiger partial charge on any atom is -0.314 e. The van der Waals surface area contributed by atoms with E-state index < -0.39 is 0 Å². The number of rotatable bonds is 7. The number of pyridine rings is 1. The maximum absolute atomic E-state index is 13.3. The van der Waals surface area contributed by atoms with E-state index in [1.54, 1.807) is 18.5 Å². The molecule has 0 aliphatic rings. The molecule has 4 heteroatoms. The van der Waals surface area contributed by atoms with Gasteiger partial charge in [-0.2, -0.15) is 0 Å². The van der Waals surface area contributed by atoms with Crippen LogP contribution in [0.15, 0.2) is 42.7 Å². The predicted octanol–water partition coefficient (Wildman–Crippen LogP) is 4.03. The van der Waals surface area contributed by atoms with Crippen LogP contribution in [0.3, 0.4) is 0 Å². The fraction of sp³-hybridized carbons (Fsp3) is 0.353. The molecule has 0 saturated carbocycles. The number of hydrogen-bond donors (Lipinski definition) is 1. The van der Waals surface area contributed by atoms with Crippen LogP contribution in [0.1, 0.15) is 24.5 Å². The first kappa shape index (κ1) is 15.9. The number of nitrogens with zero attached hydrogens (tertiary/aromatic N) is 1. The van der Waals surface area contributed by atoms with Gasteiger partial charge in [-0.15, -0.1) is 0 Å². The molecule has 1 aromatic carbocycles. The first-order valence-corrected chi connectivity index (χ1v) is 7.63. The third-order valence-electron chi connectivity index (χ3n) is 3.50. The third kappa shape index (κ3) is 5.10. The van der Waals surface area contributed by atoms with Crippen molar-refractivity contribution in [3.63, 3.8) is 0 Å². The molecule has 0 aliphatic heterocycles.